The highest BCUT2D eigenvalue weighted by molar-refractivity contribution is 6.88. The molecule has 0 saturated carbocycles. The van der Waals surface area contributed by atoms with E-state index >= 15 is 0 Å². The van der Waals surface area contributed by atoms with Crippen LogP contribution in [0.2, 0.25) is 19.6 Å². The van der Waals surface area contributed by atoms with Crippen molar-refractivity contribution >= 4 is 13.4 Å². The predicted octanol–water partition coefficient (Wildman–Crippen LogP) is 2.12. The van der Waals surface area contributed by atoms with Crippen LogP contribution < -0.4 is 5.32 Å². The Hall–Kier alpha value is -1.42. The molecule has 0 fully saturated rings. The molecule has 1 aromatic heterocycles. The van der Waals surface area contributed by atoms with Crippen molar-refractivity contribution in [2.24, 2.45) is 0 Å². The van der Waals surface area contributed by atoms with Gasteiger partial charge >= 0.3 is 0 Å². The number of hydrogen-bond acceptors (Lipinski definition) is 2. The third-order valence-electron chi connectivity index (χ3n) is 2.48. The summed E-state index contributed by atoms with van der Waals surface area (Å²) in [7, 11) is -1.38. The second-order valence-electron chi connectivity index (χ2n) is 5.01. The molecule has 84 valence electrons. The zero-order chi connectivity index (χ0) is 11.8. The van der Waals surface area contributed by atoms with Gasteiger partial charge in [-0.3, -0.25) is 0 Å². The number of aromatic nitrogens is 3. The van der Waals surface area contributed by atoms with Crippen LogP contribution in [0, 0.1) is 6.92 Å². The maximum atomic E-state index is 4.62. The molecule has 0 atom stereocenters. The Kier molecular flexibility index (Phi) is 2.67. The van der Waals surface area contributed by atoms with E-state index in [9.17, 15) is 0 Å². The molecule has 0 aliphatic carbocycles. The number of para-hydroxylation sites is 1. The lowest BCUT2D eigenvalue weighted by atomic mass is 10.3. The molecule has 0 aliphatic heterocycles. The molecule has 1 aromatic carbocycles. The second kappa shape index (κ2) is 3.86. The average molecular weight is 231 g/mol. The summed E-state index contributed by atoms with van der Waals surface area (Å²) in [6.07, 6.45) is 0. The van der Waals surface area contributed by atoms with Gasteiger partial charge in [-0.25, -0.2) is 0 Å². The van der Waals surface area contributed by atoms with E-state index in [-0.39, 0.29) is 0 Å². The molecule has 0 unspecified atom stereocenters. The molecule has 0 aliphatic rings. The van der Waals surface area contributed by atoms with Crippen LogP contribution in [-0.4, -0.2) is 23.1 Å². The molecular formula is C12H17N3Si. The number of hydrogen-bond donors (Lipinski definition) is 0. The third-order valence-corrected chi connectivity index (χ3v) is 4.36. The van der Waals surface area contributed by atoms with E-state index < -0.39 is 8.07 Å². The molecular weight excluding hydrogens is 214 g/mol. The fourth-order valence-electron chi connectivity index (χ4n) is 1.75. The van der Waals surface area contributed by atoms with Gasteiger partial charge in [0.1, 0.15) is 8.07 Å². The predicted molar refractivity (Wildman–Crippen MR) is 69.1 cm³/mol. The Morgan fingerprint density at radius 2 is 1.62 bits per heavy atom. The van der Waals surface area contributed by atoms with E-state index in [0.29, 0.717) is 0 Å². The highest BCUT2D eigenvalue weighted by Gasteiger charge is 2.23. The Labute approximate surface area is 97.1 Å². The van der Waals surface area contributed by atoms with E-state index in [1.54, 1.807) is 4.80 Å². The van der Waals surface area contributed by atoms with Gasteiger partial charge in [-0.1, -0.05) is 37.8 Å². The third kappa shape index (κ3) is 2.06. The van der Waals surface area contributed by atoms with Crippen molar-refractivity contribution in [2.45, 2.75) is 26.6 Å². The summed E-state index contributed by atoms with van der Waals surface area (Å²) in [6.45, 7) is 8.91. The minimum atomic E-state index is -1.38. The largest absolute Gasteiger partial charge is 0.158 e. The first kappa shape index (κ1) is 11.1. The summed E-state index contributed by atoms with van der Waals surface area (Å²) in [5.41, 5.74) is 2.08. The van der Waals surface area contributed by atoms with Crippen molar-refractivity contribution in [3.8, 4) is 5.69 Å². The summed E-state index contributed by atoms with van der Waals surface area (Å²) in [4.78, 5) is 1.74. The molecule has 0 saturated heterocycles. The van der Waals surface area contributed by atoms with Gasteiger partial charge in [0.05, 0.1) is 16.7 Å². The van der Waals surface area contributed by atoms with Crippen molar-refractivity contribution in [1.29, 1.82) is 0 Å². The summed E-state index contributed by atoms with van der Waals surface area (Å²) >= 11 is 0. The van der Waals surface area contributed by atoms with Gasteiger partial charge in [0, 0.05) is 0 Å². The SMILES string of the molecule is Cc1nn(-c2ccccc2)nc1[Si](C)(C)C. The van der Waals surface area contributed by atoms with Gasteiger partial charge < -0.3 is 0 Å². The Balaban J connectivity index is 2.47. The molecule has 0 bridgehead atoms. The monoisotopic (exact) mass is 231 g/mol. The van der Waals surface area contributed by atoms with E-state index in [2.05, 4.69) is 29.8 Å². The molecule has 2 aromatic rings. The second-order valence-corrected chi connectivity index (χ2v) is 9.98. The lowest BCUT2D eigenvalue weighted by Crippen LogP contribution is -2.40. The first-order chi connectivity index (χ1) is 7.48. The molecule has 4 heteroatoms. The fraction of sp³-hybridized carbons (Fsp3) is 0.333. The molecule has 3 nitrogen and oxygen atoms in total. The summed E-state index contributed by atoms with van der Waals surface area (Å²) in [6, 6.07) is 10.0. The van der Waals surface area contributed by atoms with Gasteiger partial charge in [-0.15, -0.1) is 0 Å². The maximum Gasteiger partial charge on any atom is 0.106 e. The number of rotatable bonds is 2. The van der Waals surface area contributed by atoms with Crippen LogP contribution in [0.25, 0.3) is 5.69 Å². The topological polar surface area (TPSA) is 30.7 Å². The van der Waals surface area contributed by atoms with E-state index in [0.717, 1.165) is 11.4 Å². The highest BCUT2D eigenvalue weighted by atomic mass is 28.3. The number of benzene rings is 1. The van der Waals surface area contributed by atoms with Crippen molar-refractivity contribution in [3.05, 3.63) is 36.0 Å². The zero-order valence-corrected chi connectivity index (χ0v) is 11.2. The minimum absolute atomic E-state index is 1.02. The van der Waals surface area contributed by atoms with Crippen LogP contribution in [0.3, 0.4) is 0 Å². The van der Waals surface area contributed by atoms with Crippen molar-refractivity contribution in [1.82, 2.24) is 15.0 Å². The lowest BCUT2D eigenvalue weighted by molar-refractivity contribution is 0.749. The highest BCUT2D eigenvalue weighted by Crippen LogP contribution is 2.07. The van der Waals surface area contributed by atoms with Gasteiger partial charge in [-0.05, 0) is 19.1 Å². The van der Waals surface area contributed by atoms with Crippen LogP contribution in [0.5, 0.6) is 0 Å². The molecule has 0 amide bonds. The maximum absolute atomic E-state index is 4.62. The van der Waals surface area contributed by atoms with Crippen LogP contribution in [-0.2, 0) is 0 Å². The summed E-state index contributed by atoms with van der Waals surface area (Å²) in [5, 5.41) is 10.3. The first-order valence-corrected chi connectivity index (χ1v) is 8.98. The molecule has 0 N–H and O–H groups in total. The summed E-state index contributed by atoms with van der Waals surface area (Å²) < 4.78 is 0. The fourth-order valence-corrected chi connectivity index (χ4v) is 3.28. The van der Waals surface area contributed by atoms with Gasteiger partial charge in [0.15, 0.2) is 0 Å². The first-order valence-electron chi connectivity index (χ1n) is 5.48. The van der Waals surface area contributed by atoms with E-state index in [1.807, 2.05) is 37.3 Å². The zero-order valence-electron chi connectivity index (χ0n) is 10.2. The van der Waals surface area contributed by atoms with Gasteiger partial charge in [-0.2, -0.15) is 15.0 Å². The molecule has 0 radical (unpaired) electrons. The molecule has 16 heavy (non-hydrogen) atoms. The van der Waals surface area contributed by atoms with Crippen LogP contribution in [0.15, 0.2) is 30.3 Å². The van der Waals surface area contributed by atoms with Crippen molar-refractivity contribution in [2.75, 3.05) is 0 Å². The number of nitrogens with zero attached hydrogens (tertiary/aromatic N) is 3. The normalized spacial score (nSPS) is 11.8. The molecule has 1 heterocycles. The van der Waals surface area contributed by atoms with Crippen molar-refractivity contribution in [3.63, 3.8) is 0 Å². The average Bonchev–Trinajstić information content (AvgIpc) is 2.61. The van der Waals surface area contributed by atoms with Crippen LogP contribution in [0.4, 0.5) is 0 Å². The van der Waals surface area contributed by atoms with E-state index in [4.69, 9.17) is 0 Å². The van der Waals surface area contributed by atoms with Gasteiger partial charge in [0.2, 0.25) is 0 Å². The molecule has 0 spiro atoms. The minimum Gasteiger partial charge on any atom is -0.158 e. The smallest absolute Gasteiger partial charge is 0.106 e. The number of aryl methyl sites for hydroxylation is 1. The van der Waals surface area contributed by atoms with Crippen LogP contribution in [0.1, 0.15) is 5.69 Å². The summed E-state index contributed by atoms with van der Waals surface area (Å²) in [5.74, 6) is 0. The van der Waals surface area contributed by atoms with Crippen molar-refractivity contribution < 1.29 is 0 Å². The molecule has 2 rings (SSSR count). The van der Waals surface area contributed by atoms with Crippen LogP contribution >= 0.6 is 0 Å². The van der Waals surface area contributed by atoms with E-state index in [1.165, 1.54) is 5.32 Å². The van der Waals surface area contributed by atoms with Gasteiger partial charge in [0.25, 0.3) is 0 Å². The quantitative estimate of drug-likeness (QED) is 0.741. The Morgan fingerprint density at radius 1 is 1.00 bits per heavy atom. The standard InChI is InChI=1S/C12H17N3Si/c1-10-12(16(2,3)4)14-15(13-10)11-8-6-5-7-9-11/h5-9H,1-4H3. The lowest BCUT2D eigenvalue weighted by Gasteiger charge is -2.11. The Bertz CT molecular complexity index is 483. The Morgan fingerprint density at radius 3 is 2.12 bits per heavy atom.